The standard InChI is InChI=1S/C43H71O8P/c1-3-5-7-9-11-13-15-17-19-21-23-25-27-29-31-33-35-37-42(44)49-39-41(40-50-52(46,47)48)51-43(45)38-36-34-32-30-28-26-24-22-20-18-16-14-12-10-8-6-4-2/h7,9,12-15,18-21,24-27,41H,3-6,8,10-11,16-17,22-23,28-40H2,1-2H3,(H2,46,47,48)/b9-7+,14-12+,15-13+,20-18+,21-19+,26-24+,27-25+/t41-/m1/s1. The lowest BCUT2D eigenvalue weighted by Crippen LogP contribution is -2.29. The van der Waals surface area contributed by atoms with E-state index in [1.54, 1.807) is 0 Å². The van der Waals surface area contributed by atoms with Crippen LogP contribution in [0.3, 0.4) is 0 Å². The first kappa shape index (κ1) is 49.2. The van der Waals surface area contributed by atoms with Gasteiger partial charge in [0.15, 0.2) is 6.10 Å². The van der Waals surface area contributed by atoms with Crippen LogP contribution in [0.1, 0.15) is 155 Å². The van der Waals surface area contributed by atoms with Crippen molar-refractivity contribution >= 4 is 19.8 Å². The van der Waals surface area contributed by atoms with E-state index in [0.717, 1.165) is 83.5 Å². The van der Waals surface area contributed by atoms with Gasteiger partial charge in [0.05, 0.1) is 6.61 Å². The molecule has 0 aliphatic carbocycles. The van der Waals surface area contributed by atoms with Crippen LogP contribution in [0.15, 0.2) is 85.1 Å². The van der Waals surface area contributed by atoms with Gasteiger partial charge in [0.25, 0.3) is 0 Å². The van der Waals surface area contributed by atoms with E-state index in [2.05, 4.69) is 103 Å². The van der Waals surface area contributed by atoms with E-state index < -0.39 is 32.5 Å². The second-order valence-corrected chi connectivity index (χ2v) is 14.1. The summed E-state index contributed by atoms with van der Waals surface area (Å²) in [5, 5.41) is 0. The Morgan fingerprint density at radius 2 is 0.904 bits per heavy atom. The van der Waals surface area contributed by atoms with Crippen molar-refractivity contribution in [2.45, 2.75) is 161 Å². The van der Waals surface area contributed by atoms with Gasteiger partial charge >= 0.3 is 19.8 Å². The van der Waals surface area contributed by atoms with Gasteiger partial charge in [0.1, 0.15) is 6.61 Å². The van der Waals surface area contributed by atoms with Crippen LogP contribution in [0.2, 0.25) is 0 Å². The molecule has 0 aromatic rings. The molecule has 0 saturated carbocycles. The first-order chi connectivity index (χ1) is 25.3. The van der Waals surface area contributed by atoms with Crippen LogP contribution >= 0.6 is 7.82 Å². The van der Waals surface area contributed by atoms with Crippen LogP contribution in [-0.2, 0) is 28.2 Å². The summed E-state index contributed by atoms with van der Waals surface area (Å²) in [6.45, 7) is 3.52. The lowest BCUT2D eigenvalue weighted by molar-refractivity contribution is -0.161. The van der Waals surface area contributed by atoms with Crippen molar-refractivity contribution in [2.24, 2.45) is 0 Å². The number of phosphoric ester groups is 1. The summed E-state index contributed by atoms with van der Waals surface area (Å²) in [5.41, 5.74) is 0. The normalized spacial score (nSPS) is 13.4. The smallest absolute Gasteiger partial charge is 0.462 e. The van der Waals surface area contributed by atoms with Gasteiger partial charge in [-0.15, -0.1) is 0 Å². The number of rotatable bonds is 35. The molecule has 0 heterocycles. The molecule has 0 saturated heterocycles. The molecule has 0 fully saturated rings. The average Bonchev–Trinajstić information content (AvgIpc) is 3.11. The molecule has 296 valence electrons. The average molecular weight is 747 g/mol. The van der Waals surface area contributed by atoms with E-state index in [9.17, 15) is 14.2 Å². The van der Waals surface area contributed by atoms with E-state index in [1.165, 1.54) is 32.1 Å². The Balaban J connectivity index is 4.08. The molecule has 0 rings (SSSR count). The van der Waals surface area contributed by atoms with Crippen LogP contribution in [0.5, 0.6) is 0 Å². The number of hydrogen-bond donors (Lipinski definition) is 2. The molecule has 0 amide bonds. The van der Waals surface area contributed by atoms with E-state index >= 15 is 0 Å². The highest BCUT2D eigenvalue weighted by molar-refractivity contribution is 7.46. The highest BCUT2D eigenvalue weighted by Crippen LogP contribution is 2.36. The van der Waals surface area contributed by atoms with Crippen LogP contribution in [-0.4, -0.2) is 41.0 Å². The molecule has 0 unspecified atom stereocenters. The zero-order valence-corrected chi connectivity index (χ0v) is 33.3. The number of ether oxygens (including phenoxy) is 2. The van der Waals surface area contributed by atoms with Gasteiger partial charge in [-0.3, -0.25) is 14.1 Å². The monoisotopic (exact) mass is 746 g/mol. The summed E-state index contributed by atoms with van der Waals surface area (Å²) >= 11 is 0. The van der Waals surface area contributed by atoms with Crippen LogP contribution < -0.4 is 0 Å². The number of phosphoric acid groups is 1. The Bertz CT molecular complexity index is 1110. The second kappa shape index (κ2) is 38.0. The number of allylic oxidation sites excluding steroid dienone is 14. The number of carbonyl (C=O) groups excluding carboxylic acids is 2. The molecule has 1 atom stereocenters. The predicted octanol–water partition coefficient (Wildman–Crippen LogP) is 12.1. The first-order valence-electron chi connectivity index (χ1n) is 19.9. The summed E-state index contributed by atoms with van der Waals surface area (Å²) in [6, 6.07) is 0. The first-order valence-corrected chi connectivity index (χ1v) is 21.4. The third-order valence-corrected chi connectivity index (χ3v) is 8.35. The van der Waals surface area contributed by atoms with Crippen molar-refractivity contribution in [2.75, 3.05) is 13.2 Å². The molecule has 8 nitrogen and oxygen atoms in total. The van der Waals surface area contributed by atoms with Crippen molar-refractivity contribution in [1.29, 1.82) is 0 Å². The Kier molecular flexibility index (Phi) is 35.9. The second-order valence-electron chi connectivity index (χ2n) is 12.9. The minimum atomic E-state index is -4.77. The van der Waals surface area contributed by atoms with Gasteiger partial charge < -0.3 is 19.3 Å². The fraction of sp³-hybridized carbons (Fsp3) is 0.628. The quantitative estimate of drug-likeness (QED) is 0.0285. The molecule has 0 aliphatic heterocycles. The molecule has 0 aromatic heterocycles. The molecule has 0 bridgehead atoms. The van der Waals surface area contributed by atoms with Crippen molar-refractivity contribution in [3.8, 4) is 0 Å². The maximum absolute atomic E-state index is 12.4. The predicted molar refractivity (Wildman–Crippen MR) is 216 cm³/mol. The Morgan fingerprint density at radius 1 is 0.500 bits per heavy atom. The zero-order valence-electron chi connectivity index (χ0n) is 32.4. The molecule has 0 aliphatic rings. The largest absolute Gasteiger partial charge is 0.469 e. The summed E-state index contributed by atoms with van der Waals surface area (Å²) in [5.74, 6) is -0.955. The highest BCUT2D eigenvalue weighted by Gasteiger charge is 2.22. The molecular weight excluding hydrogens is 675 g/mol. The third kappa shape index (κ3) is 40.0. The third-order valence-electron chi connectivity index (χ3n) is 7.87. The Morgan fingerprint density at radius 3 is 1.37 bits per heavy atom. The van der Waals surface area contributed by atoms with Gasteiger partial charge in [0.2, 0.25) is 0 Å². The summed E-state index contributed by atoms with van der Waals surface area (Å²) < 4.78 is 26.3. The maximum atomic E-state index is 12.4. The van der Waals surface area contributed by atoms with Crippen molar-refractivity contribution in [3.05, 3.63) is 85.1 Å². The van der Waals surface area contributed by atoms with Crippen LogP contribution in [0.4, 0.5) is 0 Å². The molecule has 9 heteroatoms. The van der Waals surface area contributed by atoms with Crippen molar-refractivity contribution in [3.63, 3.8) is 0 Å². The van der Waals surface area contributed by atoms with E-state index in [4.69, 9.17) is 19.3 Å². The zero-order chi connectivity index (χ0) is 38.2. The number of carbonyl (C=O) groups is 2. The maximum Gasteiger partial charge on any atom is 0.469 e. The van der Waals surface area contributed by atoms with Gasteiger partial charge in [-0.05, 0) is 89.9 Å². The summed E-state index contributed by atoms with van der Waals surface area (Å²) in [7, 11) is -4.77. The summed E-state index contributed by atoms with van der Waals surface area (Å²) in [4.78, 5) is 42.8. The Labute approximate surface area is 316 Å². The van der Waals surface area contributed by atoms with Gasteiger partial charge in [-0.2, -0.15) is 0 Å². The SMILES string of the molecule is CCC/C=C/C/C=C/C/C=C/C/C=C/CCCCCC(=O)OC[C@H](COP(=O)(O)O)OC(=O)CCCCCC/C=C/C/C=C/C/C=C/CCCCC. The van der Waals surface area contributed by atoms with E-state index in [0.29, 0.717) is 12.8 Å². The molecule has 2 N–H and O–H groups in total. The van der Waals surface area contributed by atoms with Crippen molar-refractivity contribution < 1.29 is 37.9 Å². The number of hydrogen-bond acceptors (Lipinski definition) is 6. The lowest BCUT2D eigenvalue weighted by Gasteiger charge is -2.18. The number of unbranched alkanes of at least 4 members (excludes halogenated alkanes) is 11. The fourth-order valence-corrected chi connectivity index (χ4v) is 5.26. The molecule has 0 aromatic carbocycles. The minimum absolute atomic E-state index is 0.174. The summed E-state index contributed by atoms with van der Waals surface area (Å²) in [6.07, 6.45) is 50.1. The van der Waals surface area contributed by atoms with Gasteiger partial charge in [-0.25, -0.2) is 4.57 Å². The highest BCUT2D eigenvalue weighted by atomic mass is 31.2. The molecule has 0 spiro atoms. The van der Waals surface area contributed by atoms with E-state index in [1.807, 2.05) is 0 Å². The van der Waals surface area contributed by atoms with Crippen molar-refractivity contribution in [1.82, 2.24) is 0 Å². The van der Waals surface area contributed by atoms with Crippen LogP contribution in [0.25, 0.3) is 0 Å². The van der Waals surface area contributed by atoms with Gasteiger partial charge in [-0.1, -0.05) is 137 Å². The molecule has 52 heavy (non-hydrogen) atoms. The molecular formula is C43H71O8P. The lowest BCUT2D eigenvalue weighted by atomic mass is 10.1. The van der Waals surface area contributed by atoms with E-state index in [-0.39, 0.29) is 19.4 Å². The number of esters is 2. The van der Waals surface area contributed by atoms with Gasteiger partial charge in [0, 0.05) is 12.8 Å². The minimum Gasteiger partial charge on any atom is -0.462 e. The molecule has 0 radical (unpaired) electrons. The fourth-order valence-electron chi connectivity index (χ4n) is 4.90. The van der Waals surface area contributed by atoms with Crippen LogP contribution in [0, 0.1) is 0 Å². The Hall–Kier alpha value is -2.77. The topological polar surface area (TPSA) is 119 Å².